The molecule has 1 aromatic heterocycles. The van der Waals surface area contributed by atoms with Gasteiger partial charge in [-0.2, -0.15) is 0 Å². The number of amides is 2. The van der Waals surface area contributed by atoms with E-state index in [1.54, 1.807) is 0 Å². The molecule has 0 saturated heterocycles. The molecule has 2 aromatic rings. The number of anilines is 1. The molecular weight excluding hydrogens is 360 g/mol. The van der Waals surface area contributed by atoms with Crippen molar-refractivity contribution in [3.8, 4) is 5.75 Å². The summed E-state index contributed by atoms with van der Waals surface area (Å²) in [6, 6.07) is 7.77. The minimum absolute atomic E-state index is 0.0990. The highest BCUT2D eigenvalue weighted by atomic mass is 32.1. The van der Waals surface area contributed by atoms with Crippen LogP contribution in [0.5, 0.6) is 5.75 Å². The number of carbonyl (C=O) groups is 2. The van der Waals surface area contributed by atoms with E-state index in [4.69, 9.17) is 10.5 Å². The Bertz CT molecular complexity index is 827. The summed E-state index contributed by atoms with van der Waals surface area (Å²) in [5, 5.41) is 3.53. The van der Waals surface area contributed by atoms with E-state index in [0.717, 1.165) is 36.1 Å². The maximum absolute atomic E-state index is 12.4. The second-order valence-corrected chi connectivity index (χ2v) is 8.15. The first-order valence-electron chi connectivity index (χ1n) is 9.43. The molecule has 0 saturated carbocycles. The molecule has 0 bridgehead atoms. The summed E-state index contributed by atoms with van der Waals surface area (Å²) >= 11 is 1.50. The summed E-state index contributed by atoms with van der Waals surface area (Å²) < 4.78 is 5.43. The average molecular weight is 387 g/mol. The minimum atomic E-state index is -0.455. The van der Waals surface area contributed by atoms with Crippen molar-refractivity contribution in [3.63, 3.8) is 0 Å². The number of benzene rings is 1. The lowest BCUT2D eigenvalue weighted by Gasteiger charge is -2.18. The second-order valence-electron chi connectivity index (χ2n) is 7.05. The van der Waals surface area contributed by atoms with Gasteiger partial charge in [0.25, 0.3) is 5.91 Å². The van der Waals surface area contributed by atoms with Crippen LogP contribution < -0.4 is 15.8 Å². The third-order valence-corrected chi connectivity index (χ3v) is 6.06. The van der Waals surface area contributed by atoms with Crippen LogP contribution in [0.1, 0.15) is 53.1 Å². The topological polar surface area (TPSA) is 81.4 Å². The molecule has 2 amide bonds. The van der Waals surface area contributed by atoms with Gasteiger partial charge >= 0.3 is 0 Å². The van der Waals surface area contributed by atoms with Crippen molar-refractivity contribution in [1.82, 2.24) is 0 Å². The van der Waals surface area contributed by atoms with E-state index in [9.17, 15) is 9.59 Å². The third-order valence-electron chi connectivity index (χ3n) is 4.89. The number of hydrogen-bond acceptors (Lipinski definition) is 4. The molecule has 0 fully saturated rings. The van der Waals surface area contributed by atoms with E-state index < -0.39 is 5.91 Å². The SMILES string of the molecule is CCOc1ccc(CCC(=O)Nc2sc3c(c2C(N)=O)CCC(C)C3)cc1. The average Bonchev–Trinajstić information content (AvgIpc) is 2.98. The maximum Gasteiger partial charge on any atom is 0.251 e. The Kier molecular flexibility index (Phi) is 6.16. The van der Waals surface area contributed by atoms with E-state index >= 15 is 0 Å². The van der Waals surface area contributed by atoms with Gasteiger partial charge < -0.3 is 15.8 Å². The lowest BCUT2D eigenvalue weighted by atomic mass is 9.88. The molecule has 3 rings (SSSR count). The van der Waals surface area contributed by atoms with Crippen molar-refractivity contribution in [2.75, 3.05) is 11.9 Å². The Hall–Kier alpha value is -2.34. The fourth-order valence-corrected chi connectivity index (χ4v) is 4.90. The van der Waals surface area contributed by atoms with Gasteiger partial charge in [0, 0.05) is 11.3 Å². The zero-order valence-corrected chi connectivity index (χ0v) is 16.7. The van der Waals surface area contributed by atoms with Gasteiger partial charge in [0.2, 0.25) is 5.91 Å². The fraction of sp³-hybridized carbons (Fsp3) is 0.429. The molecule has 0 spiro atoms. The summed E-state index contributed by atoms with van der Waals surface area (Å²) in [5.41, 5.74) is 8.22. The van der Waals surface area contributed by atoms with Crippen molar-refractivity contribution < 1.29 is 14.3 Å². The highest BCUT2D eigenvalue weighted by Gasteiger charge is 2.27. The lowest BCUT2D eigenvalue weighted by Crippen LogP contribution is -2.19. The van der Waals surface area contributed by atoms with E-state index in [2.05, 4.69) is 12.2 Å². The van der Waals surface area contributed by atoms with Gasteiger partial charge in [0.05, 0.1) is 12.2 Å². The van der Waals surface area contributed by atoms with E-state index in [-0.39, 0.29) is 5.91 Å². The van der Waals surface area contributed by atoms with Crippen molar-refractivity contribution in [3.05, 3.63) is 45.8 Å². The van der Waals surface area contributed by atoms with Crippen molar-refractivity contribution in [2.45, 2.75) is 46.0 Å². The van der Waals surface area contributed by atoms with Gasteiger partial charge in [-0.25, -0.2) is 0 Å². The zero-order valence-electron chi connectivity index (χ0n) is 15.8. The van der Waals surface area contributed by atoms with Crippen LogP contribution in [0.2, 0.25) is 0 Å². The van der Waals surface area contributed by atoms with Crippen LogP contribution >= 0.6 is 11.3 Å². The smallest absolute Gasteiger partial charge is 0.251 e. The standard InChI is InChI=1S/C21H26N2O3S/c1-3-26-15-8-5-14(6-9-15)7-11-18(24)23-21-19(20(22)25)16-10-4-13(2)12-17(16)27-21/h5-6,8-9,13H,3-4,7,10-12H2,1-2H3,(H2,22,25)(H,23,24). The summed E-state index contributed by atoms with van der Waals surface area (Å²) in [4.78, 5) is 25.6. The molecule has 0 aliphatic heterocycles. The van der Waals surface area contributed by atoms with Gasteiger partial charge in [-0.1, -0.05) is 19.1 Å². The Morgan fingerprint density at radius 1 is 1.30 bits per heavy atom. The number of nitrogens with two attached hydrogens (primary N) is 1. The van der Waals surface area contributed by atoms with Crippen LogP contribution in [-0.4, -0.2) is 18.4 Å². The number of fused-ring (bicyclic) bond motifs is 1. The summed E-state index contributed by atoms with van der Waals surface area (Å²) in [6.07, 6.45) is 3.84. The van der Waals surface area contributed by atoms with Crippen LogP contribution in [0.4, 0.5) is 5.00 Å². The zero-order chi connectivity index (χ0) is 19.4. The van der Waals surface area contributed by atoms with Crippen molar-refractivity contribution in [1.29, 1.82) is 0 Å². The number of carbonyl (C=O) groups excluding carboxylic acids is 2. The number of hydrogen-bond donors (Lipinski definition) is 2. The first kappa shape index (κ1) is 19.4. The van der Waals surface area contributed by atoms with Crippen LogP contribution in [0.3, 0.4) is 0 Å². The van der Waals surface area contributed by atoms with Gasteiger partial charge in [0.15, 0.2) is 0 Å². The van der Waals surface area contributed by atoms with Crippen LogP contribution in [0.25, 0.3) is 0 Å². The van der Waals surface area contributed by atoms with Crippen LogP contribution in [0.15, 0.2) is 24.3 Å². The molecule has 1 unspecified atom stereocenters. The second kappa shape index (κ2) is 8.57. The molecule has 1 aliphatic rings. The molecule has 1 atom stereocenters. The molecule has 1 aromatic carbocycles. The molecule has 144 valence electrons. The predicted octanol–water partition coefficient (Wildman–Crippen LogP) is 3.94. The van der Waals surface area contributed by atoms with Gasteiger partial charge in [-0.05, 0) is 61.8 Å². The van der Waals surface area contributed by atoms with Gasteiger partial charge in [-0.15, -0.1) is 11.3 Å². The number of nitrogens with one attached hydrogen (secondary N) is 1. The molecule has 0 radical (unpaired) electrons. The number of rotatable bonds is 7. The molecule has 3 N–H and O–H groups in total. The van der Waals surface area contributed by atoms with Crippen molar-refractivity contribution in [2.24, 2.45) is 11.7 Å². The number of primary amides is 1. The fourth-order valence-electron chi connectivity index (χ4n) is 3.47. The predicted molar refractivity (Wildman–Crippen MR) is 109 cm³/mol. The molecular formula is C21H26N2O3S. The molecule has 5 nitrogen and oxygen atoms in total. The molecule has 27 heavy (non-hydrogen) atoms. The summed E-state index contributed by atoms with van der Waals surface area (Å²) in [6.45, 7) is 4.79. The molecule has 1 heterocycles. The Morgan fingerprint density at radius 3 is 2.70 bits per heavy atom. The number of thiophene rings is 1. The van der Waals surface area contributed by atoms with Crippen LogP contribution in [-0.2, 0) is 24.1 Å². The largest absolute Gasteiger partial charge is 0.494 e. The minimum Gasteiger partial charge on any atom is -0.494 e. The first-order valence-corrected chi connectivity index (χ1v) is 10.3. The molecule has 6 heteroatoms. The van der Waals surface area contributed by atoms with E-state index in [0.29, 0.717) is 35.9 Å². The normalized spacial score (nSPS) is 15.9. The Morgan fingerprint density at radius 2 is 2.04 bits per heavy atom. The summed E-state index contributed by atoms with van der Waals surface area (Å²) in [5.74, 6) is 0.872. The third kappa shape index (κ3) is 4.69. The van der Waals surface area contributed by atoms with Crippen molar-refractivity contribution >= 4 is 28.2 Å². The highest BCUT2D eigenvalue weighted by Crippen LogP contribution is 2.39. The van der Waals surface area contributed by atoms with Gasteiger partial charge in [-0.3, -0.25) is 9.59 Å². The Labute approximate surface area is 163 Å². The number of ether oxygens (including phenoxy) is 1. The van der Waals surface area contributed by atoms with E-state index in [1.165, 1.54) is 16.2 Å². The summed E-state index contributed by atoms with van der Waals surface area (Å²) in [7, 11) is 0. The number of aryl methyl sites for hydroxylation is 1. The van der Waals surface area contributed by atoms with E-state index in [1.807, 2.05) is 31.2 Å². The highest BCUT2D eigenvalue weighted by molar-refractivity contribution is 7.17. The lowest BCUT2D eigenvalue weighted by molar-refractivity contribution is -0.116. The maximum atomic E-state index is 12.4. The quantitative estimate of drug-likeness (QED) is 0.756. The monoisotopic (exact) mass is 386 g/mol. The van der Waals surface area contributed by atoms with Crippen LogP contribution in [0, 0.1) is 5.92 Å². The molecule has 1 aliphatic carbocycles. The first-order chi connectivity index (χ1) is 13.0. The Balaban J connectivity index is 1.64. The van der Waals surface area contributed by atoms with Gasteiger partial charge in [0.1, 0.15) is 10.8 Å².